The molecule has 8 N–H and O–H groups in total. The number of hydrogen-bond donors (Lipinski definition) is 6. The van der Waals surface area contributed by atoms with Gasteiger partial charge in [-0.3, -0.25) is 19.8 Å². The van der Waals surface area contributed by atoms with Crippen molar-refractivity contribution >= 4 is 63.8 Å². The summed E-state index contributed by atoms with van der Waals surface area (Å²) in [6.07, 6.45) is 3.00. The Balaban J connectivity index is 1.55. The van der Waals surface area contributed by atoms with Gasteiger partial charge in [0.1, 0.15) is 30.3 Å². The van der Waals surface area contributed by atoms with Gasteiger partial charge >= 0.3 is 12.0 Å². The van der Waals surface area contributed by atoms with Crippen molar-refractivity contribution < 1.29 is 38.9 Å². The number of nitrogens with one attached hydrogen (secondary N) is 2. The van der Waals surface area contributed by atoms with Crippen LogP contribution in [0.3, 0.4) is 0 Å². The van der Waals surface area contributed by atoms with Crippen LogP contribution < -0.4 is 26.8 Å². The number of carboxylic acids is 1. The van der Waals surface area contributed by atoms with E-state index in [1.54, 1.807) is 16.9 Å². The summed E-state index contributed by atoms with van der Waals surface area (Å²) in [4.78, 5) is 59.8. The van der Waals surface area contributed by atoms with Gasteiger partial charge in [0, 0.05) is 22.9 Å². The number of aliphatic hydroxyl groups excluding tert-OH is 1. The number of thioether (sulfide) groups is 1. The van der Waals surface area contributed by atoms with Crippen LogP contribution >= 0.6 is 23.3 Å². The Morgan fingerprint density at radius 2 is 2.17 bits per heavy atom. The number of amides is 4. The highest BCUT2D eigenvalue weighted by molar-refractivity contribution is 8.00. The quantitative estimate of drug-likeness (QED) is 0.0394. The zero-order valence-corrected chi connectivity index (χ0v) is 22.4. The molecule has 4 heterocycles. The summed E-state index contributed by atoms with van der Waals surface area (Å²) in [5.41, 5.74) is 10.7. The molecule has 1 saturated heterocycles. The molecule has 1 fully saturated rings. The van der Waals surface area contributed by atoms with Gasteiger partial charge in [-0.15, -0.1) is 21.1 Å². The summed E-state index contributed by atoms with van der Waals surface area (Å²) in [6.45, 7) is 3.37. The third kappa shape index (κ3) is 5.75. The molecule has 0 unspecified atom stereocenters. The normalized spacial score (nSPS) is 18.6. The number of aromatic nitrogens is 4. The molecule has 17 nitrogen and oxygen atoms in total. The van der Waals surface area contributed by atoms with Crippen molar-refractivity contribution in [2.45, 2.75) is 24.5 Å². The van der Waals surface area contributed by atoms with E-state index in [1.807, 2.05) is 0 Å². The standard InChI is InChI=1S/C21H24N10O7S2/c1-2-7-38-27-12(15-26-21(23)40-28-15)16(33)25-13-17(34)31-14(19(35)36)10(9-39-18(13)31)8-29-4-3-11(24-20(22)37)30(29)5-6-32/h2-4,13,18,32H,1,5-9H2,(H6,22,23,25,26,28,33,35,36,37)/p+1/t13-,18-/m1/s1. The van der Waals surface area contributed by atoms with Crippen LogP contribution in [0.1, 0.15) is 5.82 Å². The highest BCUT2D eigenvalue weighted by Gasteiger charge is 2.55. The largest absolute Gasteiger partial charge is 0.477 e. The molecule has 2 atom stereocenters. The van der Waals surface area contributed by atoms with Crippen LogP contribution in [0.25, 0.3) is 0 Å². The third-order valence-corrected chi connectivity index (χ3v) is 7.54. The van der Waals surface area contributed by atoms with Crippen molar-refractivity contribution in [2.75, 3.05) is 30.0 Å². The van der Waals surface area contributed by atoms with Crippen molar-refractivity contribution in [2.24, 2.45) is 10.9 Å². The van der Waals surface area contributed by atoms with E-state index in [9.17, 15) is 29.4 Å². The molecule has 4 amide bonds. The van der Waals surface area contributed by atoms with Gasteiger partial charge in [0.2, 0.25) is 11.5 Å². The van der Waals surface area contributed by atoms with Gasteiger partial charge in [-0.25, -0.2) is 9.59 Å². The van der Waals surface area contributed by atoms with Crippen molar-refractivity contribution in [3.8, 4) is 0 Å². The van der Waals surface area contributed by atoms with E-state index < -0.39 is 35.2 Å². The minimum atomic E-state index is -1.32. The number of nitrogens with two attached hydrogens (primary N) is 2. The number of nitrogens with zero attached hydrogens (tertiary/aromatic N) is 6. The lowest BCUT2D eigenvalue weighted by Gasteiger charge is -2.49. The van der Waals surface area contributed by atoms with Crippen molar-refractivity contribution in [1.82, 2.24) is 24.3 Å². The van der Waals surface area contributed by atoms with Crippen LogP contribution in [-0.2, 0) is 32.3 Å². The number of urea groups is 1. The first-order chi connectivity index (χ1) is 19.2. The van der Waals surface area contributed by atoms with Crippen molar-refractivity contribution in [1.29, 1.82) is 0 Å². The molecule has 0 bridgehead atoms. The lowest BCUT2D eigenvalue weighted by atomic mass is 10.0. The Labute approximate surface area is 234 Å². The SMILES string of the molecule is C=CCON=C(C(=O)N[C@@H]1C(=O)N2C(C(=O)O)=C(C[n+]3ccc(NC(N)=O)n3CCO)CS[C@H]12)c1nsc(N)n1. The zero-order chi connectivity index (χ0) is 29.0. The molecule has 40 heavy (non-hydrogen) atoms. The number of rotatable bonds is 12. The lowest BCUT2D eigenvalue weighted by Crippen LogP contribution is -2.71. The van der Waals surface area contributed by atoms with Gasteiger partial charge in [0.25, 0.3) is 11.8 Å². The van der Waals surface area contributed by atoms with E-state index in [-0.39, 0.29) is 54.4 Å². The van der Waals surface area contributed by atoms with Crippen LogP contribution in [0, 0.1) is 0 Å². The van der Waals surface area contributed by atoms with E-state index in [4.69, 9.17) is 16.3 Å². The molecule has 19 heteroatoms. The predicted octanol–water partition coefficient (Wildman–Crippen LogP) is -1.96. The fourth-order valence-electron chi connectivity index (χ4n) is 4.06. The van der Waals surface area contributed by atoms with Crippen LogP contribution in [0.5, 0.6) is 0 Å². The Kier molecular flexibility index (Phi) is 8.65. The number of primary amides is 1. The molecule has 2 aromatic rings. The molecule has 0 spiro atoms. The van der Waals surface area contributed by atoms with Gasteiger partial charge in [0.15, 0.2) is 23.7 Å². The maximum Gasteiger partial charge on any atom is 0.352 e. The topological polar surface area (TPSA) is 244 Å². The van der Waals surface area contributed by atoms with Gasteiger partial charge in [-0.05, 0) is 0 Å². The molecule has 0 aromatic carbocycles. The molecule has 212 valence electrons. The Morgan fingerprint density at radius 3 is 2.80 bits per heavy atom. The maximum atomic E-state index is 13.1. The number of nitrogen functional groups attached to an aromatic ring is 1. The summed E-state index contributed by atoms with van der Waals surface area (Å²) in [5, 5.41) is 27.6. The molecular formula is C21H25N10O7S2+. The van der Waals surface area contributed by atoms with Crippen LogP contribution in [0.15, 0.2) is 41.3 Å². The maximum absolute atomic E-state index is 13.1. The van der Waals surface area contributed by atoms with Crippen LogP contribution in [0.4, 0.5) is 15.7 Å². The second-order valence-corrected chi connectivity index (χ2v) is 10.1. The molecule has 2 aliphatic rings. The number of aliphatic hydroxyl groups is 1. The minimum Gasteiger partial charge on any atom is -0.477 e. The van der Waals surface area contributed by atoms with E-state index in [0.29, 0.717) is 11.4 Å². The monoisotopic (exact) mass is 593 g/mol. The lowest BCUT2D eigenvalue weighted by molar-refractivity contribution is -0.767. The molecule has 2 aliphatic heterocycles. The number of aliphatic carboxylic acids is 1. The van der Waals surface area contributed by atoms with Gasteiger partial charge in [0.05, 0.1) is 12.7 Å². The number of hydrogen-bond acceptors (Lipinski definition) is 12. The fourth-order valence-corrected chi connectivity index (χ4v) is 5.83. The average Bonchev–Trinajstić information content (AvgIpc) is 3.50. The van der Waals surface area contributed by atoms with E-state index in [2.05, 4.69) is 31.7 Å². The molecule has 0 saturated carbocycles. The minimum absolute atomic E-state index is 0.000338. The van der Waals surface area contributed by atoms with Crippen LogP contribution in [-0.4, -0.2) is 89.1 Å². The Hall–Kier alpha value is -4.49. The summed E-state index contributed by atoms with van der Waals surface area (Å²) in [6, 6.07) is -0.311. The van der Waals surface area contributed by atoms with E-state index >= 15 is 0 Å². The third-order valence-electron chi connectivity index (χ3n) is 5.66. The number of carboxylic acid groups (broad SMARTS) is 1. The zero-order valence-electron chi connectivity index (χ0n) is 20.7. The molecule has 2 aromatic heterocycles. The summed E-state index contributed by atoms with van der Waals surface area (Å²) in [5.74, 6) is -2.34. The first-order valence-corrected chi connectivity index (χ1v) is 13.4. The first kappa shape index (κ1) is 28.5. The number of oxime groups is 1. The first-order valence-electron chi connectivity index (χ1n) is 11.5. The second kappa shape index (κ2) is 12.1. The Bertz CT molecular complexity index is 1420. The van der Waals surface area contributed by atoms with Gasteiger partial charge in [-0.1, -0.05) is 17.8 Å². The fraction of sp³-hybridized carbons (Fsp3) is 0.333. The molecule has 0 radical (unpaired) electrons. The van der Waals surface area contributed by atoms with E-state index in [0.717, 1.165) is 16.4 Å². The molecule has 4 rings (SSSR count). The van der Waals surface area contributed by atoms with Crippen LogP contribution in [0.2, 0.25) is 0 Å². The summed E-state index contributed by atoms with van der Waals surface area (Å²) >= 11 is 2.10. The summed E-state index contributed by atoms with van der Waals surface area (Å²) < 4.78 is 7.07. The Morgan fingerprint density at radius 1 is 1.40 bits per heavy atom. The average molecular weight is 594 g/mol. The number of fused-ring (bicyclic) bond motifs is 1. The highest BCUT2D eigenvalue weighted by atomic mass is 32.2. The summed E-state index contributed by atoms with van der Waals surface area (Å²) in [7, 11) is 0. The number of anilines is 2. The van der Waals surface area contributed by atoms with E-state index in [1.165, 1.54) is 22.5 Å². The molecule has 0 aliphatic carbocycles. The number of carbonyl (C=O) groups is 4. The highest BCUT2D eigenvalue weighted by Crippen LogP contribution is 2.40. The smallest absolute Gasteiger partial charge is 0.352 e. The molecular weight excluding hydrogens is 568 g/mol. The number of carbonyl (C=O) groups excluding carboxylic acids is 3. The predicted molar refractivity (Wildman–Crippen MR) is 142 cm³/mol. The number of β-lactam (4-membered cyclic amide) rings is 1. The van der Waals surface area contributed by atoms with Crippen molar-refractivity contribution in [3.05, 3.63) is 42.0 Å². The van der Waals surface area contributed by atoms with Gasteiger partial charge < -0.3 is 31.8 Å². The van der Waals surface area contributed by atoms with Crippen molar-refractivity contribution in [3.63, 3.8) is 0 Å². The second-order valence-electron chi connectivity index (χ2n) is 8.23. The van der Waals surface area contributed by atoms with Gasteiger partial charge in [-0.2, -0.15) is 9.36 Å².